The Bertz CT molecular complexity index is 508. The normalized spacial score (nSPS) is 22.2. The van der Waals surface area contributed by atoms with Crippen LogP contribution in [-0.4, -0.2) is 42.1 Å². The molecule has 1 atom stereocenters. The number of sulfonamides is 1. The molecular weight excluding hydrogens is 240 g/mol. The summed E-state index contributed by atoms with van der Waals surface area (Å²) in [5, 5.41) is 3.98. The maximum atomic E-state index is 12.4. The lowest BCUT2D eigenvalue weighted by molar-refractivity contribution is 0.458. The van der Waals surface area contributed by atoms with Crippen molar-refractivity contribution in [3.63, 3.8) is 0 Å². The van der Waals surface area contributed by atoms with Gasteiger partial charge in [-0.2, -0.15) is 9.40 Å². The van der Waals surface area contributed by atoms with Crippen molar-refractivity contribution in [1.29, 1.82) is 0 Å². The molecule has 0 aromatic carbocycles. The monoisotopic (exact) mass is 258 g/mol. The number of hydrogen-bond donors (Lipinski definition) is 1. The first kappa shape index (κ1) is 12.5. The molecule has 2 N–H and O–H groups in total. The summed E-state index contributed by atoms with van der Waals surface area (Å²) in [5.41, 5.74) is 6.24. The van der Waals surface area contributed by atoms with Crippen LogP contribution in [0.1, 0.15) is 12.1 Å². The SMILES string of the molecule is Cc1c(S(=O)(=O)N2CCC(CN)C2)cnn1C. The molecule has 7 heteroatoms. The second-order valence-corrected chi connectivity index (χ2v) is 6.38. The molecule has 1 aromatic heterocycles. The van der Waals surface area contributed by atoms with Gasteiger partial charge in [-0.1, -0.05) is 0 Å². The molecule has 0 amide bonds. The van der Waals surface area contributed by atoms with E-state index in [1.165, 1.54) is 10.5 Å². The van der Waals surface area contributed by atoms with Crippen LogP contribution in [0.15, 0.2) is 11.1 Å². The van der Waals surface area contributed by atoms with Gasteiger partial charge in [0.25, 0.3) is 0 Å². The molecule has 1 aromatic rings. The molecule has 2 heterocycles. The first-order chi connectivity index (χ1) is 7.96. The van der Waals surface area contributed by atoms with E-state index in [4.69, 9.17) is 5.73 Å². The van der Waals surface area contributed by atoms with Gasteiger partial charge in [0.15, 0.2) is 0 Å². The molecule has 17 heavy (non-hydrogen) atoms. The van der Waals surface area contributed by atoms with Crippen LogP contribution in [0.4, 0.5) is 0 Å². The predicted molar refractivity (Wildman–Crippen MR) is 63.9 cm³/mol. The van der Waals surface area contributed by atoms with E-state index in [0.29, 0.717) is 30.2 Å². The Morgan fingerprint density at radius 1 is 1.59 bits per heavy atom. The van der Waals surface area contributed by atoms with Crippen LogP contribution < -0.4 is 5.73 Å². The third-order valence-corrected chi connectivity index (χ3v) is 5.36. The second-order valence-electron chi connectivity index (χ2n) is 4.47. The van der Waals surface area contributed by atoms with Crippen LogP contribution in [0.3, 0.4) is 0 Å². The Labute approximate surface area is 101 Å². The average Bonchev–Trinajstić information content (AvgIpc) is 2.87. The highest BCUT2D eigenvalue weighted by atomic mass is 32.2. The number of aryl methyl sites for hydroxylation is 1. The Morgan fingerprint density at radius 3 is 2.76 bits per heavy atom. The van der Waals surface area contributed by atoms with Gasteiger partial charge >= 0.3 is 0 Å². The minimum Gasteiger partial charge on any atom is -0.330 e. The molecule has 0 aliphatic carbocycles. The van der Waals surface area contributed by atoms with E-state index >= 15 is 0 Å². The zero-order valence-corrected chi connectivity index (χ0v) is 10.9. The summed E-state index contributed by atoms with van der Waals surface area (Å²) >= 11 is 0. The lowest BCUT2D eigenvalue weighted by Crippen LogP contribution is -2.30. The highest BCUT2D eigenvalue weighted by Gasteiger charge is 2.33. The van der Waals surface area contributed by atoms with Crippen LogP contribution >= 0.6 is 0 Å². The molecule has 1 saturated heterocycles. The summed E-state index contributed by atoms with van der Waals surface area (Å²) < 4.78 is 27.8. The van der Waals surface area contributed by atoms with Crippen LogP contribution in [0.5, 0.6) is 0 Å². The van der Waals surface area contributed by atoms with Gasteiger partial charge < -0.3 is 5.73 Å². The fraction of sp³-hybridized carbons (Fsp3) is 0.700. The van der Waals surface area contributed by atoms with Gasteiger partial charge in [0, 0.05) is 20.1 Å². The zero-order chi connectivity index (χ0) is 12.6. The maximum Gasteiger partial charge on any atom is 0.246 e. The minimum absolute atomic E-state index is 0.279. The van der Waals surface area contributed by atoms with Gasteiger partial charge in [-0.3, -0.25) is 4.68 Å². The topological polar surface area (TPSA) is 81.2 Å². The molecular formula is C10H18N4O2S. The molecule has 0 bridgehead atoms. The Morgan fingerprint density at radius 2 is 2.29 bits per heavy atom. The van der Waals surface area contributed by atoms with Crippen molar-refractivity contribution in [1.82, 2.24) is 14.1 Å². The van der Waals surface area contributed by atoms with E-state index in [0.717, 1.165) is 6.42 Å². The zero-order valence-electron chi connectivity index (χ0n) is 10.1. The van der Waals surface area contributed by atoms with Gasteiger partial charge in [-0.15, -0.1) is 0 Å². The molecule has 0 radical (unpaired) electrons. The molecule has 0 saturated carbocycles. The van der Waals surface area contributed by atoms with E-state index in [1.54, 1.807) is 18.7 Å². The average molecular weight is 258 g/mol. The van der Waals surface area contributed by atoms with Crippen LogP contribution in [0.25, 0.3) is 0 Å². The van der Waals surface area contributed by atoms with Crippen molar-refractivity contribution in [2.24, 2.45) is 18.7 Å². The summed E-state index contributed by atoms with van der Waals surface area (Å²) in [6.45, 7) is 3.38. The number of nitrogens with zero attached hydrogens (tertiary/aromatic N) is 3. The van der Waals surface area contributed by atoms with Crippen molar-refractivity contribution in [2.45, 2.75) is 18.2 Å². The smallest absolute Gasteiger partial charge is 0.246 e. The summed E-state index contributed by atoms with van der Waals surface area (Å²) in [7, 11) is -1.66. The fourth-order valence-electron chi connectivity index (χ4n) is 2.08. The minimum atomic E-state index is -3.40. The largest absolute Gasteiger partial charge is 0.330 e. The van der Waals surface area contributed by atoms with Crippen molar-refractivity contribution >= 4 is 10.0 Å². The summed E-state index contributed by atoms with van der Waals surface area (Å²) in [6, 6.07) is 0. The van der Waals surface area contributed by atoms with Gasteiger partial charge in [-0.25, -0.2) is 8.42 Å². The van der Waals surface area contributed by atoms with Crippen molar-refractivity contribution < 1.29 is 8.42 Å². The summed E-state index contributed by atoms with van der Waals surface area (Å²) in [6.07, 6.45) is 2.26. The van der Waals surface area contributed by atoms with Crippen LogP contribution in [0, 0.1) is 12.8 Å². The first-order valence-electron chi connectivity index (χ1n) is 5.65. The molecule has 0 spiro atoms. The molecule has 1 unspecified atom stereocenters. The first-order valence-corrected chi connectivity index (χ1v) is 7.09. The third-order valence-electron chi connectivity index (χ3n) is 3.39. The molecule has 1 aliphatic rings. The van der Waals surface area contributed by atoms with E-state index in [9.17, 15) is 8.42 Å². The highest BCUT2D eigenvalue weighted by Crippen LogP contribution is 2.25. The Balaban J connectivity index is 2.29. The van der Waals surface area contributed by atoms with E-state index in [2.05, 4.69) is 5.10 Å². The van der Waals surface area contributed by atoms with Gasteiger partial charge in [-0.05, 0) is 25.8 Å². The van der Waals surface area contributed by atoms with Crippen LogP contribution in [0.2, 0.25) is 0 Å². The summed E-state index contributed by atoms with van der Waals surface area (Å²) in [5.74, 6) is 0.279. The summed E-state index contributed by atoms with van der Waals surface area (Å²) in [4.78, 5) is 0.303. The standard InChI is InChI=1S/C10H18N4O2S/c1-8-10(6-12-13(8)2)17(15,16)14-4-3-9(5-11)7-14/h6,9H,3-5,7,11H2,1-2H3. The molecule has 96 valence electrons. The van der Waals surface area contributed by atoms with Crippen LogP contribution in [-0.2, 0) is 17.1 Å². The highest BCUT2D eigenvalue weighted by molar-refractivity contribution is 7.89. The predicted octanol–water partition coefficient (Wildman–Crippen LogP) is -0.302. The third kappa shape index (κ3) is 2.10. The lowest BCUT2D eigenvalue weighted by atomic mass is 10.1. The van der Waals surface area contributed by atoms with Crippen molar-refractivity contribution in [3.05, 3.63) is 11.9 Å². The molecule has 1 aliphatic heterocycles. The molecule has 6 nitrogen and oxygen atoms in total. The van der Waals surface area contributed by atoms with Gasteiger partial charge in [0.2, 0.25) is 10.0 Å². The van der Waals surface area contributed by atoms with Gasteiger partial charge in [0.1, 0.15) is 4.90 Å². The molecule has 1 fully saturated rings. The van der Waals surface area contributed by atoms with E-state index < -0.39 is 10.0 Å². The maximum absolute atomic E-state index is 12.4. The van der Waals surface area contributed by atoms with Gasteiger partial charge in [0.05, 0.1) is 11.9 Å². The Hall–Kier alpha value is -0.920. The number of nitrogens with two attached hydrogens (primary N) is 1. The van der Waals surface area contributed by atoms with E-state index in [-0.39, 0.29) is 5.92 Å². The fourth-order valence-corrected chi connectivity index (χ4v) is 3.80. The number of rotatable bonds is 3. The number of hydrogen-bond acceptors (Lipinski definition) is 4. The second kappa shape index (κ2) is 4.40. The Kier molecular flexibility index (Phi) is 3.24. The van der Waals surface area contributed by atoms with Crippen molar-refractivity contribution in [2.75, 3.05) is 19.6 Å². The van der Waals surface area contributed by atoms with Crippen molar-refractivity contribution in [3.8, 4) is 0 Å². The van der Waals surface area contributed by atoms with E-state index in [1.807, 2.05) is 0 Å². The number of aromatic nitrogens is 2. The molecule has 2 rings (SSSR count). The lowest BCUT2D eigenvalue weighted by Gasteiger charge is -2.15. The quantitative estimate of drug-likeness (QED) is 0.807.